The molecule has 0 radical (unpaired) electrons. The molecule has 0 unspecified atom stereocenters. The minimum absolute atomic E-state index is 0.0289. The molecule has 27 heavy (non-hydrogen) atoms. The Balaban J connectivity index is 1.54. The van der Waals surface area contributed by atoms with Gasteiger partial charge in [0.1, 0.15) is 0 Å². The highest BCUT2D eigenvalue weighted by molar-refractivity contribution is 5.80. The molecule has 3 aromatic carbocycles. The number of nitrogens with zero attached hydrogens (tertiary/aromatic N) is 2. The molecule has 0 aromatic heterocycles. The predicted octanol–water partition coefficient (Wildman–Crippen LogP) is 4.12. The fraction of sp³-hybridized carbons (Fsp3) is 0.208. The molecule has 1 amide bonds. The second kappa shape index (κ2) is 8.19. The van der Waals surface area contributed by atoms with E-state index >= 15 is 0 Å². The highest BCUT2D eigenvalue weighted by atomic mass is 16.2. The monoisotopic (exact) mass is 356 g/mol. The molecular weight excluding hydrogens is 332 g/mol. The molecule has 3 heteroatoms. The first kappa shape index (κ1) is 17.5. The van der Waals surface area contributed by atoms with Crippen LogP contribution in [0.3, 0.4) is 0 Å². The van der Waals surface area contributed by atoms with Crippen LogP contribution in [0.1, 0.15) is 22.7 Å². The first-order valence-electron chi connectivity index (χ1n) is 9.47. The summed E-state index contributed by atoms with van der Waals surface area (Å²) in [5, 5.41) is 0. The fourth-order valence-corrected chi connectivity index (χ4v) is 3.81. The third-order valence-electron chi connectivity index (χ3n) is 5.13. The lowest BCUT2D eigenvalue weighted by atomic mass is 9.96. The summed E-state index contributed by atoms with van der Waals surface area (Å²) in [6, 6.07) is 31.0. The number of carbonyl (C=O) groups is 1. The van der Waals surface area contributed by atoms with Crippen molar-refractivity contribution in [2.45, 2.75) is 12.6 Å². The predicted molar refractivity (Wildman–Crippen MR) is 108 cm³/mol. The van der Waals surface area contributed by atoms with Crippen LogP contribution in [0.25, 0.3) is 0 Å². The maximum Gasteiger partial charge on any atom is 0.237 e. The van der Waals surface area contributed by atoms with Gasteiger partial charge in [0.05, 0.1) is 12.6 Å². The van der Waals surface area contributed by atoms with Crippen LogP contribution in [0.15, 0.2) is 91.0 Å². The van der Waals surface area contributed by atoms with Crippen LogP contribution in [-0.2, 0) is 11.3 Å². The van der Waals surface area contributed by atoms with Crippen molar-refractivity contribution in [2.75, 3.05) is 19.6 Å². The van der Waals surface area contributed by atoms with E-state index in [-0.39, 0.29) is 11.9 Å². The summed E-state index contributed by atoms with van der Waals surface area (Å²) in [6.45, 7) is 2.91. The maximum absolute atomic E-state index is 13.1. The molecule has 0 aliphatic carbocycles. The number of hydrogen-bond acceptors (Lipinski definition) is 2. The first-order chi connectivity index (χ1) is 13.3. The molecule has 1 fully saturated rings. The van der Waals surface area contributed by atoms with E-state index < -0.39 is 0 Å². The van der Waals surface area contributed by atoms with Crippen molar-refractivity contribution >= 4 is 5.91 Å². The molecule has 0 saturated carbocycles. The minimum Gasteiger partial charge on any atom is -0.329 e. The molecule has 0 N–H and O–H groups in total. The molecule has 0 spiro atoms. The van der Waals surface area contributed by atoms with Crippen LogP contribution in [0.5, 0.6) is 0 Å². The quantitative estimate of drug-likeness (QED) is 0.686. The van der Waals surface area contributed by atoms with Gasteiger partial charge in [-0.25, -0.2) is 0 Å². The Morgan fingerprint density at radius 3 is 1.74 bits per heavy atom. The van der Waals surface area contributed by atoms with E-state index in [2.05, 4.69) is 41.3 Å². The van der Waals surface area contributed by atoms with Gasteiger partial charge < -0.3 is 4.90 Å². The van der Waals surface area contributed by atoms with Gasteiger partial charge in [-0.2, -0.15) is 0 Å². The lowest BCUT2D eigenvalue weighted by Crippen LogP contribution is -2.51. The van der Waals surface area contributed by atoms with Gasteiger partial charge in [0, 0.05) is 19.6 Å². The second-order valence-corrected chi connectivity index (χ2v) is 7.01. The summed E-state index contributed by atoms with van der Waals surface area (Å²) in [5.41, 5.74) is 3.57. The zero-order valence-electron chi connectivity index (χ0n) is 15.4. The van der Waals surface area contributed by atoms with Crippen molar-refractivity contribution in [2.24, 2.45) is 0 Å². The highest BCUT2D eigenvalue weighted by Gasteiger charge is 2.31. The van der Waals surface area contributed by atoms with Gasteiger partial charge in [-0.05, 0) is 16.7 Å². The van der Waals surface area contributed by atoms with Crippen LogP contribution in [0, 0.1) is 0 Å². The lowest BCUT2D eigenvalue weighted by Gasteiger charge is -2.39. The highest BCUT2D eigenvalue weighted by Crippen LogP contribution is 2.30. The summed E-state index contributed by atoms with van der Waals surface area (Å²) in [7, 11) is 0. The zero-order chi connectivity index (χ0) is 18.5. The van der Waals surface area contributed by atoms with Crippen molar-refractivity contribution in [1.82, 2.24) is 9.80 Å². The van der Waals surface area contributed by atoms with Gasteiger partial charge in [0.15, 0.2) is 0 Å². The Kier molecular flexibility index (Phi) is 5.31. The number of rotatable bonds is 5. The smallest absolute Gasteiger partial charge is 0.237 e. The summed E-state index contributed by atoms with van der Waals surface area (Å²) in [6.07, 6.45) is 0. The third-order valence-corrected chi connectivity index (χ3v) is 5.13. The van der Waals surface area contributed by atoms with Gasteiger partial charge in [-0.1, -0.05) is 91.0 Å². The van der Waals surface area contributed by atoms with E-state index in [1.807, 2.05) is 59.5 Å². The van der Waals surface area contributed by atoms with Crippen LogP contribution >= 0.6 is 0 Å². The second-order valence-electron chi connectivity index (χ2n) is 7.01. The Hall–Kier alpha value is -2.91. The van der Waals surface area contributed by atoms with Crippen molar-refractivity contribution in [1.29, 1.82) is 0 Å². The van der Waals surface area contributed by atoms with Crippen LogP contribution < -0.4 is 0 Å². The maximum atomic E-state index is 13.1. The van der Waals surface area contributed by atoms with E-state index in [1.54, 1.807) is 0 Å². The first-order valence-corrected chi connectivity index (χ1v) is 9.47. The molecule has 1 aliphatic heterocycles. The summed E-state index contributed by atoms with van der Waals surface area (Å²) < 4.78 is 0. The van der Waals surface area contributed by atoms with E-state index in [0.717, 1.165) is 30.8 Å². The SMILES string of the molecule is O=C1CN(Cc2ccccc2)CCN1C(c1ccccc1)c1ccccc1. The molecule has 1 heterocycles. The standard InChI is InChI=1S/C24H24N2O/c27-23-19-25(18-20-10-4-1-5-11-20)16-17-26(23)24(21-12-6-2-7-13-21)22-14-8-3-9-15-22/h1-15,24H,16-19H2. The van der Waals surface area contributed by atoms with Crippen LogP contribution in [-0.4, -0.2) is 35.3 Å². The average Bonchev–Trinajstić information content (AvgIpc) is 2.72. The minimum atomic E-state index is -0.0289. The van der Waals surface area contributed by atoms with Crippen molar-refractivity contribution < 1.29 is 4.79 Å². The number of benzene rings is 3. The van der Waals surface area contributed by atoms with Crippen molar-refractivity contribution in [3.8, 4) is 0 Å². The van der Waals surface area contributed by atoms with Crippen LogP contribution in [0.2, 0.25) is 0 Å². The van der Waals surface area contributed by atoms with E-state index in [0.29, 0.717) is 6.54 Å². The number of hydrogen-bond donors (Lipinski definition) is 0. The molecule has 0 bridgehead atoms. The van der Waals surface area contributed by atoms with Crippen molar-refractivity contribution in [3.63, 3.8) is 0 Å². The van der Waals surface area contributed by atoms with E-state index in [9.17, 15) is 4.79 Å². The number of carbonyl (C=O) groups excluding carboxylic acids is 1. The number of amides is 1. The summed E-state index contributed by atoms with van der Waals surface area (Å²) >= 11 is 0. The van der Waals surface area contributed by atoms with Gasteiger partial charge in [-0.3, -0.25) is 9.69 Å². The van der Waals surface area contributed by atoms with Gasteiger partial charge >= 0.3 is 0 Å². The molecule has 136 valence electrons. The Bertz CT molecular complexity index is 825. The topological polar surface area (TPSA) is 23.6 Å². The Labute approximate surface area is 160 Å². The molecule has 4 rings (SSSR count). The molecule has 3 nitrogen and oxygen atoms in total. The molecule has 1 aliphatic rings. The lowest BCUT2D eigenvalue weighted by molar-refractivity contribution is -0.138. The summed E-state index contributed by atoms with van der Waals surface area (Å²) in [4.78, 5) is 17.3. The molecule has 3 aromatic rings. The largest absolute Gasteiger partial charge is 0.329 e. The van der Waals surface area contributed by atoms with Crippen molar-refractivity contribution in [3.05, 3.63) is 108 Å². The molecule has 1 saturated heterocycles. The number of piperazine rings is 1. The van der Waals surface area contributed by atoms with Gasteiger partial charge in [0.2, 0.25) is 5.91 Å². The van der Waals surface area contributed by atoms with Crippen LogP contribution in [0.4, 0.5) is 0 Å². The fourth-order valence-electron chi connectivity index (χ4n) is 3.81. The van der Waals surface area contributed by atoms with Gasteiger partial charge in [0.25, 0.3) is 0 Å². The Morgan fingerprint density at radius 2 is 1.22 bits per heavy atom. The molecular formula is C24H24N2O. The third kappa shape index (κ3) is 4.09. The van der Waals surface area contributed by atoms with E-state index in [4.69, 9.17) is 0 Å². The Morgan fingerprint density at radius 1 is 0.704 bits per heavy atom. The van der Waals surface area contributed by atoms with Gasteiger partial charge in [-0.15, -0.1) is 0 Å². The average molecular weight is 356 g/mol. The molecule has 0 atom stereocenters. The normalized spacial score (nSPS) is 15.3. The zero-order valence-corrected chi connectivity index (χ0v) is 15.4. The summed E-state index contributed by atoms with van der Waals surface area (Å²) in [5.74, 6) is 0.190. The van der Waals surface area contributed by atoms with E-state index in [1.165, 1.54) is 5.56 Å².